The predicted molar refractivity (Wildman–Crippen MR) is 354 cm³/mol. The monoisotopic (exact) mass is 1300 g/mol. The van der Waals surface area contributed by atoms with Gasteiger partial charge < -0.3 is 33.8 Å². The third kappa shape index (κ3) is 60.3. The van der Waals surface area contributed by atoms with Crippen molar-refractivity contribution in [3.05, 3.63) is 0 Å². The van der Waals surface area contributed by atoms with Gasteiger partial charge in [0.15, 0.2) is 12.2 Å². The number of rotatable bonds is 66. The van der Waals surface area contributed by atoms with Crippen molar-refractivity contribution < 1.29 is 80.2 Å². The topological polar surface area (TPSA) is 237 Å². The van der Waals surface area contributed by atoms with E-state index >= 15 is 0 Å². The Kier molecular flexibility index (Phi) is 57.6. The standard InChI is InChI=1S/C69H134O17P2/c1-9-61(7)47-39-31-23-15-11-13-17-25-33-41-49-66(71)79-55-65(86-69(74)52-44-36-28-20-22-30-38-46-60(5)6)58-84-88(77,78)82-54-63(70)53-81-87(75,76)83-57-64(56-80-67(72)50-42-34-27-19-21-29-37-45-59(3)4)85-68(73)51-43-35-26-18-14-12-16-24-32-40-48-62(8)10-2/h59-65,70H,9-58H2,1-8H3,(H,75,76)(H,77,78)/t61?,62?,63?,64-,65-/m1/s1. The van der Waals surface area contributed by atoms with Crippen LogP contribution in [0.4, 0.5) is 0 Å². The van der Waals surface area contributed by atoms with E-state index in [4.69, 9.17) is 37.0 Å². The summed E-state index contributed by atoms with van der Waals surface area (Å²) in [7, 11) is -9.90. The van der Waals surface area contributed by atoms with Gasteiger partial charge in [-0.25, -0.2) is 9.13 Å². The fourth-order valence-corrected chi connectivity index (χ4v) is 11.8. The van der Waals surface area contributed by atoms with Crippen LogP contribution in [0.1, 0.15) is 338 Å². The summed E-state index contributed by atoms with van der Waals surface area (Å²) in [5.74, 6) is 0.880. The number of hydrogen-bond acceptors (Lipinski definition) is 15. The summed E-state index contributed by atoms with van der Waals surface area (Å²) in [4.78, 5) is 72.5. The van der Waals surface area contributed by atoms with Crippen LogP contribution in [0.5, 0.6) is 0 Å². The molecule has 0 heterocycles. The van der Waals surface area contributed by atoms with E-state index in [1.807, 2.05) is 0 Å². The molecule has 0 rings (SSSR count). The van der Waals surface area contributed by atoms with Gasteiger partial charge in [-0.2, -0.15) is 0 Å². The number of aliphatic hydroxyl groups excluding tert-OH is 1. The minimum atomic E-state index is -4.95. The molecule has 0 aromatic carbocycles. The van der Waals surface area contributed by atoms with Gasteiger partial charge in [0.25, 0.3) is 0 Å². The number of unbranched alkanes of at least 4 members (excludes halogenated alkanes) is 30. The van der Waals surface area contributed by atoms with E-state index in [9.17, 15) is 43.2 Å². The van der Waals surface area contributed by atoms with Crippen LogP contribution in [0.15, 0.2) is 0 Å². The lowest BCUT2D eigenvalue weighted by Gasteiger charge is -2.21. The van der Waals surface area contributed by atoms with E-state index in [1.54, 1.807) is 0 Å². The average Bonchev–Trinajstić information content (AvgIpc) is 3.69. The molecule has 0 aromatic rings. The number of phosphoric ester groups is 2. The molecule has 0 spiro atoms. The van der Waals surface area contributed by atoms with Gasteiger partial charge in [-0.05, 0) is 49.4 Å². The Morgan fingerprint density at radius 2 is 0.545 bits per heavy atom. The van der Waals surface area contributed by atoms with Crippen molar-refractivity contribution in [2.24, 2.45) is 23.7 Å². The van der Waals surface area contributed by atoms with Gasteiger partial charge in [-0.1, -0.05) is 287 Å². The number of esters is 4. The van der Waals surface area contributed by atoms with Gasteiger partial charge in [0.05, 0.1) is 26.4 Å². The molecule has 3 N–H and O–H groups in total. The lowest BCUT2D eigenvalue weighted by atomic mass is 9.99. The van der Waals surface area contributed by atoms with Gasteiger partial charge in [0.2, 0.25) is 0 Å². The minimum absolute atomic E-state index is 0.103. The first-order chi connectivity index (χ1) is 42.2. The van der Waals surface area contributed by atoms with Gasteiger partial charge >= 0.3 is 39.5 Å². The van der Waals surface area contributed by atoms with Crippen molar-refractivity contribution >= 4 is 39.5 Å². The van der Waals surface area contributed by atoms with Crippen LogP contribution >= 0.6 is 15.6 Å². The van der Waals surface area contributed by atoms with Crippen LogP contribution in [-0.2, 0) is 65.4 Å². The molecule has 17 nitrogen and oxygen atoms in total. The van der Waals surface area contributed by atoms with Crippen LogP contribution in [0, 0.1) is 23.7 Å². The fourth-order valence-electron chi connectivity index (χ4n) is 10.2. The Hall–Kier alpha value is -1.94. The van der Waals surface area contributed by atoms with Crippen molar-refractivity contribution in [2.75, 3.05) is 39.6 Å². The molecule has 0 aliphatic carbocycles. The van der Waals surface area contributed by atoms with E-state index in [1.165, 1.54) is 135 Å². The number of carbonyl (C=O) groups excluding carboxylic acids is 4. The summed E-state index contributed by atoms with van der Waals surface area (Å²) in [6.45, 7) is 14.1. The third-order valence-corrected chi connectivity index (χ3v) is 18.4. The highest BCUT2D eigenvalue weighted by Crippen LogP contribution is 2.45. The van der Waals surface area contributed by atoms with Gasteiger partial charge in [-0.3, -0.25) is 37.3 Å². The predicted octanol–water partition coefficient (Wildman–Crippen LogP) is 19.3. The van der Waals surface area contributed by atoms with Crippen molar-refractivity contribution in [2.45, 2.75) is 356 Å². The number of aliphatic hydroxyl groups is 1. The lowest BCUT2D eigenvalue weighted by molar-refractivity contribution is -0.161. The zero-order chi connectivity index (χ0) is 65.4. The highest BCUT2D eigenvalue weighted by atomic mass is 31.2. The minimum Gasteiger partial charge on any atom is -0.462 e. The SMILES string of the molecule is CCC(C)CCCCCCCCCCCCC(=O)OC[C@H](COP(=O)(O)OCC(O)COP(=O)(O)OC[C@@H](COC(=O)CCCCCCCCCC(C)C)OC(=O)CCCCCCCCCCCCC(C)CC)OC(=O)CCCCCCCCCC(C)C. The van der Waals surface area contributed by atoms with E-state index in [-0.39, 0.29) is 25.7 Å². The average molecular weight is 1300 g/mol. The van der Waals surface area contributed by atoms with Gasteiger partial charge in [0, 0.05) is 25.7 Å². The van der Waals surface area contributed by atoms with Crippen molar-refractivity contribution in [3.8, 4) is 0 Å². The summed E-state index contributed by atoms with van der Waals surface area (Å²) in [6, 6.07) is 0. The smallest absolute Gasteiger partial charge is 0.462 e. The largest absolute Gasteiger partial charge is 0.472 e. The molecule has 0 amide bonds. The second-order valence-corrected chi connectivity index (χ2v) is 29.3. The maximum absolute atomic E-state index is 13.0. The second kappa shape index (κ2) is 58.8. The first kappa shape index (κ1) is 86.1. The zero-order valence-corrected chi connectivity index (χ0v) is 59.1. The zero-order valence-electron chi connectivity index (χ0n) is 57.3. The number of carbonyl (C=O) groups is 4. The van der Waals surface area contributed by atoms with E-state index < -0.39 is 97.5 Å². The molecule has 0 aromatic heterocycles. The summed E-state index contributed by atoms with van der Waals surface area (Å²) in [5, 5.41) is 10.6. The van der Waals surface area contributed by atoms with Crippen LogP contribution in [-0.4, -0.2) is 96.7 Å². The molecule has 0 fully saturated rings. The maximum atomic E-state index is 13.0. The molecular formula is C69H134O17P2. The third-order valence-electron chi connectivity index (χ3n) is 16.5. The molecule has 0 saturated heterocycles. The summed E-state index contributed by atoms with van der Waals surface area (Å²) in [5.41, 5.74) is 0. The second-order valence-electron chi connectivity index (χ2n) is 26.4. The van der Waals surface area contributed by atoms with E-state index in [0.717, 1.165) is 108 Å². The molecular weight excluding hydrogens is 1160 g/mol. The molecule has 522 valence electrons. The molecule has 0 aliphatic rings. The molecule has 19 heteroatoms. The Balaban J connectivity index is 5.25. The number of hydrogen-bond donors (Lipinski definition) is 3. The Morgan fingerprint density at radius 1 is 0.318 bits per heavy atom. The molecule has 88 heavy (non-hydrogen) atoms. The fraction of sp³-hybridized carbons (Fsp3) is 0.942. The van der Waals surface area contributed by atoms with Crippen LogP contribution in [0.3, 0.4) is 0 Å². The number of phosphoric acid groups is 2. The highest BCUT2D eigenvalue weighted by molar-refractivity contribution is 7.47. The van der Waals surface area contributed by atoms with Crippen molar-refractivity contribution in [1.29, 1.82) is 0 Å². The van der Waals surface area contributed by atoms with E-state index in [0.29, 0.717) is 37.5 Å². The van der Waals surface area contributed by atoms with Gasteiger partial charge in [-0.15, -0.1) is 0 Å². The quantitative estimate of drug-likeness (QED) is 0.0222. The molecule has 5 unspecified atom stereocenters. The van der Waals surface area contributed by atoms with Crippen molar-refractivity contribution in [1.82, 2.24) is 0 Å². The molecule has 7 atom stereocenters. The molecule has 0 aliphatic heterocycles. The van der Waals surface area contributed by atoms with Gasteiger partial charge in [0.1, 0.15) is 19.3 Å². The van der Waals surface area contributed by atoms with Crippen LogP contribution in [0.2, 0.25) is 0 Å². The van der Waals surface area contributed by atoms with Crippen molar-refractivity contribution in [3.63, 3.8) is 0 Å². The Bertz CT molecular complexity index is 1750. The first-order valence-electron chi connectivity index (χ1n) is 35.8. The number of ether oxygens (including phenoxy) is 4. The molecule has 0 saturated carbocycles. The summed E-state index contributed by atoms with van der Waals surface area (Å²) in [6.07, 6.45) is 40.3. The normalized spacial score (nSPS) is 14.9. The highest BCUT2D eigenvalue weighted by Gasteiger charge is 2.30. The maximum Gasteiger partial charge on any atom is 0.472 e. The summed E-state index contributed by atoms with van der Waals surface area (Å²) >= 11 is 0. The Labute approximate surface area is 537 Å². The lowest BCUT2D eigenvalue weighted by Crippen LogP contribution is -2.30. The molecule has 0 radical (unpaired) electrons. The van der Waals surface area contributed by atoms with Crippen LogP contribution < -0.4 is 0 Å². The molecule has 0 bridgehead atoms. The van der Waals surface area contributed by atoms with E-state index in [2.05, 4.69) is 55.4 Å². The Morgan fingerprint density at radius 3 is 0.807 bits per heavy atom. The first-order valence-corrected chi connectivity index (χ1v) is 38.8. The van der Waals surface area contributed by atoms with Crippen LogP contribution in [0.25, 0.3) is 0 Å². The summed E-state index contributed by atoms with van der Waals surface area (Å²) < 4.78 is 68.2.